The summed E-state index contributed by atoms with van der Waals surface area (Å²) in [5.74, 6) is -0.388. The Bertz CT molecular complexity index is 696. The molecule has 0 radical (unpaired) electrons. The van der Waals surface area contributed by atoms with Crippen LogP contribution in [-0.4, -0.2) is 37.5 Å². The number of alkyl halides is 3. The first-order valence-electron chi connectivity index (χ1n) is 6.49. The van der Waals surface area contributed by atoms with E-state index in [0.29, 0.717) is 5.02 Å². The number of carbonyl (C=O) groups excluding carboxylic acids is 1. The predicted octanol–water partition coefficient (Wildman–Crippen LogP) is 3.69. The fourth-order valence-corrected chi connectivity index (χ4v) is 2.52. The highest BCUT2D eigenvalue weighted by molar-refractivity contribution is 6.51. The number of nitrogens with zero attached hydrogens (tertiary/aromatic N) is 3. The fraction of sp³-hybridized carbons (Fsp3) is 0.308. The summed E-state index contributed by atoms with van der Waals surface area (Å²) in [6, 6.07) is 4.84. The first-order valence-corrected chi connectivity index (χ1v) is 8.54. The van der Waals surface area contributed by atoms with Crippen molar-refractivity contribution in [3.05, 3.63) is 40.9 Å². The molecule has 1 aromatic carbocycles. The van der Waals surface area contributed by atoms with Crippen LogP contribution >= 0.6 is 58.0 Å². The normalized spacial score (nSPS) is 12.7. The highest BCUT2D eigenvalue weighted by Crippen LogP contribution is 2.33. The Morgan fingerprint density at radius 3 is 2.75 bits per heavy atom. The van der Waals surface area contributed by atoms with Gasteiger partial charge in [-0.25, -0.2) is 9.67 Å². The molecule has 24 heavy (non-hydrogen) atoms. The molecule has 1 heterocycles. The molecule has 1 amide bonds. The van der Waals surface area contributed by atoms with Gasteiger partial charge in [0.05, 0.1) is 10.9 Å². The minimum absolute atomic E-state index is 0.151. The van der Waals surface area contributed by atoms with Crippen molar-refractivity contribution in [1.82, 2.24) is 20.1 Å². The molecule has 0 aliphatic rings. The van der Waals surface area contributed by atoms with Crippen LogP contribution in [0.5, 0.6) is 5.75 Å². The van der Waals surface area contributed by atoms with E-state index in [1.54, 1.807) is 18.2 Å². The molecule has 6 nitrogen and oxygen atoms in total. The zero-order chi connectivity index (χ0) is 17.7. The summed E-state index contributed by atoms with van der Waals surface area (Å²) in [5, 5.41) is 7.03. The minimum atomic E-state index is -1.50. The van der Waals surface area contributed by atoms with Crippen LogP contribution in [0, 0.1) is 0 Å². The van der Waals surface area contributed by atoms with Crippen LogP contribution in [0.25, 0.3) is 0 Å². The van der Waals surface area contributed by atoms with Gasteiger partial charge in [-0.1, -0.05) is 52.5 Å². The van der Waals surface area contributed by atoms with Crippen LogP contribution in [-0.2, 0) is 4.79 Å². The lowest BCUT2D eigenvalue weighted by molar-refractivity contribution is -0.124. The number of aromatic nitrogens is 3. The lowest BCUT2D eigenvalue weighted by Gasteiger charge is -2.28. The number of rotatable bonds is 7. The molecule has 0 aliphatic heterocycles. The molecule has 1 atom stereocenters. The van der Waals surface area contributed by atoms with Gasteiger partial charge in [0.2, 0.25) is 0 Å². The lowest BCUT2D eigenvalue weighted by atomic mass is 10.3. The maximum Gasteiger partial charge on any atom is 0.259 e. The summed E-state index contributed by atoms with van der Waals surface area (Å²) in [6.45, 7) is -0.336. The molecule has 1 unspecified atom stereocenters. The van der Waals surface area contributed by atoms with E-state index in [9.17, 15) is 4.79 Å². The van der Waals surface area contributed by atoms with E-state index in [1.807, 2.05) is 0 Å². The second kappa shape index (κ2) is 8.45. The van der Waals surface area contributed by atoms with E-state index in [-0.39, 0.29) is 23.3 Å². The lowest BCUT2D eigenvalue weighted by Crippen LogP contribution is -2.45. The van der Waals surface area contributed by atoms with Crippen LogP contribution in [0.15, 0.2) is 30.9 Å². The van der Waals surface area contributed by atoms with E-state index in [4.69, 9.17) is 62.7 Å². The molecule has 0 saturated carbocycles. The molecule has 0 spiro atoms. The second-order valence-electron chi connectivity index (χ2n) is 4.58. The van der Waals surface area contributed by atoms with Crippen molar-refractivity contribution >= 4 is 63.9 Å². The Labute approximate surface area is 162 Å². The van der Waals surface area contributed by atoms with Gasteiger partial charge < -0.3 is 10.1 Å². The first kappa shape index (κ1) is 19.4. The molecular formula is C13H11Cl5N4O2. The zero-order valence-corrected chi connectivity index (χ0v) is 15.7. The van der Waals surface area contributed by atoms with Gasteiger partial charge in [0.15, 0.2) is 17.1 Å². The van der Waals surface area contributed by atoms with Gasteiger partial charge in [0.25, 0.3) is 5.91 Å². The number of hydrogen-bond acceptors (Lipinski definition) is 4. The number of hydrogen-bond donors (Lipinski definition) is 1. The molecule has 0 saturated heterocycles. The highest BCUT2D eigenvalue weighted by atomic mass is 35.5. The average Bonchev–Trinajstić information content (AvgIpc) is 3.08. The van der Waals surface area contributed by atoms with Crippen LogP contribution in [0.1, 0.15) is 6.17 Å². The summed E-state index contributed by atoms with van der Waals surface area (Å²) in [6.07, 6.45) is 1.69. The zero-order valence-electron chi connectivity index (χ0n) is 11.9. The summed E-state index contributed by atoms with van der Waals surface area (Å²) in [4.78, 5) is 15.9. The number of benzene rings is 1. The third-order valence-corrected chi connectivity index (χ3v) is 5.03. The number of carbonyl (C=O) groups is 1. The quantitative estimate of drug-likeness (QED) is 0.678. The Balaban J connectivity index is 2.04. The van der Waals surface area contributed by atoms with Crippen molar-refractivity contribution in [2.45, 2.75) is 10.5 Å². The molecule has 1 N–H and O–H groups in total. The van der Waals surface area contributed by atoms with Gasteiger partial charge >= 0.3 is 0 Å². The maximum atomic E-state index is 12.1. The Morgan fingerprint density at radius 2 is 2.12 bits per heavy atom. The smallest absolute Gasteiger partial charge is 0.259 e. The topological polar surface area (TPSA) is 69.0 Å². The predicted molar refractivity (Wildman–Crippen MR) is 94.3 cm³/mol. The Morgan fingerprint density at radius 1 is 1.38 bits per heavy atom. The number of amides is 1. The first-order chi connectivity index (χ1) is 11.3. The van der Waals surface area contributed by atoms with Crippen LogP contribution in [0.3, 0.4) is 0 Å². The van der Waals surface area contributed by atoms with Crippen LogP contribution in [0.4, 0.5) is 0 Å². The molecule has 0 aliphatic carbocycles. The minimum Gasteiger partial charge on any atom is -0.482 e. The van der Waals surface area contributed by atoms with Crippen molar-refractivity contribution in [2.24, 2.45) is 0 Å². The summed E-state index contributed by atoms with van der Waals surface area (Å²) in [7, 11) is 0. The monoisotopic (exact) mass is 430 g/mol. The number of nitrogens with one attached hydrogen (secondary N) is 1. The van der Waals surface area contributed by atoms with Crippen molar-refractivity contribution in [3.8, 4) is 5.75 Å². The van der Waals surface area contributed by atoms with Crippen LogP contribution in [0.2, 0.25) is 10.0 Å². The summed E-state index contributed by atoms with van der Waals surface area (Å²) in [5.41, 5.74) is 0. The van der Waals surface area contributed by atoms with Crippen molar-refractivity contribution < 1.29 is 9.53 Å². The van der Waals surface area contributed by atoms with Gasteiger partial charge in [-0.2, -0.15) is 5.10 Å². The maximum absolute atomic E-state index is 12.1. The second-order valence-corrected chi connectivity index (χ2v) is 7.18. The van der Waals surface area contributed by atoms with Crippen molar-refractivity contribution in [3.63, 3.8) is 0 Å². The van der Waals surface area contributed by atoms with E-state index in [1.165, 1.54) is 17.3 Å². The van der Waals surface area contributed by atoms with Gasteiger partial charge in [0.1, 0.15) is 23.4 Å². The molecule has 0 fully saturated rings. The molecule has 1 aromatic heterocycles. The fourth-order valence-electron chi connectivity index (χ4n) is 1.72. The van der Waals surface area contributed by atoms with Crippen molar-refractivity contribution in [1.29, 1.82) is 0 Å². The average molecular weight is 433 g/mol. The van der Waals surface area contributed by atoms with Gasteiger partial charge in [-0.15, -0.1) is 11.6 Å². The van der Waals surface area contributed by atoms with Gasteiger partial charge in [-0.3, -0.25) is 4.79 Å². The third kappa shape index (κ3) is 4.80. The number of ether oxygens (including phenoxy) is 1. The largest absolute Gasteiger partial charge is 0.482 e. The molecule has 130 valence electrons. The van der Waals surface area contributed by atoms with E-state index < -0.39 is 16.4 Å². The molecule has 11 heteroatoms. The molecular weight excluding hydrogens is 421 g/mol. The third-order valence-electron chi connectivity index (χ3n) is 2.85. The summed E-state index contributed by atoms with van der Waals surface area (Å²) < 4.78 is 5.13. The van der Waals surface area contributed by atoms with Crippen LogP contribution < -0.4 is 10.1 Å². The Kier molecular flexibility index (Phi) is 6.83. The van der Waals surface area contributed by atoms with Crippen molar-refractivity contribution in [2.75, 3.05) is 12.5 Å². The van der Waals surface area contributed by atoms with E-state index in [2.05, 4.69) is 15.4 Å². The SMILES string of the molecule is O=C(COc1cccc(Cl)c1Cl)NC(n1cncn1)C(Cl)(Cl)CCl. The highest BCUT2D eigenvalue weighted by Gasteiger charge is 2.37. The van der Waals surface area contributed by atoms with E-state index in [0.717, 1.165) is 0 Å². The number of halogens is 5. The Hall–Kier alpha value is -0.920. The molecule has 2 aromatic rings. The summed E-state index contributed by atoms with van der Waals surface area (Å²) >= 11 is 29.9. The molecule has 2 rings (SSSR count). The van der Waals surface area contributed by atoms with Gasteiger partial charge in [-0.05, 0) is 12.1 Å². The standard InChI is InChI=1S/C13H11Cl5N4O2/c14-5-13(17,18)12(22-7-19-6-20-22)21-10(23)4-24-9-3-1-2-8(15)11(9)16/h1-3,6-7,12H,4-5H2,(H,21,23). The van der Waals surface area contributed by atoms with E-state index >= 15 is 0 Å². The van der Waals surface area contributed by atoms with Gasteiger partial charge in [0, 0.05) is 0 Å². The molecule has 0 bridgehead atoms.